The van der Waals surface area contributed by atoms with Crippen molar-refractivity contribution in [1.82, 2.24) is 5.32 Å². The lowest BCUT2D eigenvalue weighted by molar-refractivity contribution is 0.0574. The maximum atomic E-state index is 5.82. The summed E-state index contributed by atoms with van der Waals surface area (Å²) >= 11 is 5.29. The van der Waals surface area contributed by atoms with E-state index in [0.29, 0.717) is 11.2 Å². The number of anilines is 1. The first-order chi connectivity index (χ1) is 10.8. The fourth-order valence-electron chi connectivity index (χ4n) is 2.73. The molecule has 0 bridgehead atoms. The zero-order valence-electron chi connectivity index (χ0n) is 12.6. The topological polar surface area (TPSA) is 51.8 Å². The van der Waals surface area contributed by atoms with Crippen LogP contribution in [0.15, 0.2) is 18.2 Å². The minimum absolute atomic E-state index is 0.280. The molecule has 2 N–H and O–H groups in total. The van der Waals surface area contributed by atoms with Gasteiger partial charge >= 0.3 is 0 Å². The van der Waals surface area contributed by atoms with Crippen LogP contribution in [-0.2, 0) is 4.74 Å². The molecule has 1 saturated carbocycles. The minimum atomic E-state index is 0.280. The molecule has 0 unspecified atom stereocenters. The Bertz CT molecular complexity index is 518. The normalized spacial score (nSPS) is 16.7. The summed E-state index contributed by atoms with van der Waals surface area (Å²) in [7, 11) is 0. The SMILES string of the molecule is S=C(NCCCOC1CCCC1)Nc1ccc2c(c1)OCO2. The van der Waals surface area contributed by atoms with Crippen molar-refractivity contribution in [3.05, 3.63) is 18.2 Å². The molecule has 6 heteroatoms. The summed E-state index contributed by atoms with van der Waals surface area (Å²) in [6, 6.07) is 5.69. The second-order valence-corrected chi connectivity index (χ2v) is 5.99. The minimum Gasteiger partial charge on any atom is -0.454 e. The zero-order valence-corrected chi connectivity index (χ0v) is 13.4. The zero-order chi connectivity index (χ0) is 15.2. The molecule has 1 aliphatic heterocycles. The monoisotopic (exact) mass is 322 g/mol. The number of rotatable bonds is 6. The molecule has 1 aromatic carbocycles. The lowest BCUT2D eigenvalue weighted by Crippen LogP contribution is -2.30. The molecule has 0 spiro atoms. The summed E-state index contributed by atoms with van der Waals surface area (Å²) in [6.45, 7) is 1.88. The molecule has 1 heterocycles. The first-order valence-corrected chi connectivity index (χ1v) is 8.28. The predicted octanol–water partition coefficient (Wildman–Crippen LogP) is 3.05. The largest absolute Gasteiger partial charge is 0.454 e. The van der Waals surface area contributed by atoms with Crippen molar-refractivity contribution in [3.63, 3.8) is 0 Å². The average molecular weight is 322 g/mol. The predicted molar refractivity (Wildman–Crippen MR) is 89.6 cm³/mol. The molecule has 0 atom stereocenters. The quantitative estimate of drug-likeness (QED) is 0.620. The summed E-state index contributed by atoms with van der Waals surface area (Å²) in [4.78, 5) is 0. The number of hydrogen-bond acceptors (Lipinski definition) is 4. The molecule has 1 aliphatic carbocycles. The summed E-state index contributed by atoms with van der Waals surface area (Å²) in [5.41, 5.74) is 0.893. The summed E-state index contributed by atoms with van der Waals surface area (Å²) in [6.07, 6.45) is 6.51. The third-order valence-corrected chi connectivity index (χ3v) is 4.14. The highest BCUT2D eigenvalue weighted by Crippen LogP contribution is 2.34. The molecule has 3 rings (SSSR count). The molecular formula is C16H22N2O3S. The molecule has 1 aromatic rings. The van der Waals surface area contributed by atoms with Gasteiger partial charge in [0.05, 0.1) is 6.10 Å². The van der Waals surface area contributed by atoms with Crippen LogP contribution in [0, 0.1) is 0 Å². The molecule has 22 heavy (non-hydrogen) atoms. The maximum absolute atomic E-state index is 5.82. The summed E-state index contributed by atoms with van der Waals surface area (Å²) in [5.74, 6) is 1.52. The van der Waals surface area contributed by atoms with Crippen LogP contribution in [0.5, 0.6) is 11.5 Å². The van der Waals surface area contributed by atoms with Gasteiger partial charge in [0.1, 0.15) is 0 Å². The van der Waals surface area contributed by atoms with Gasteiger partial charge in [0.2, 0.25) is 6.79 Å². The van der Waals surface area contributed by atoms with Crippen LogP contribution in [-0.4, -0.2) is 31.2 Å². The van der Waals surface area contributed by atoms with Gasteiger partial charge in [-0.2, -0.15) is 0 Å². The number of benzene rings is 1. The Morgan fingerprint density at radius 1 is 1.23 bits per heavy atom. The van der Waals surface area contributed by atoms with Crippen LogP contribution in [0.25, 0.3) is 0 Å². The van der Waals surface area contributed by atoms with E-state index in [1.165, 1.54) is 25.7 Å². The molecule has 2 aliphatic rings. The number of ether oxygens (including phenoxy) is 3. The van der Waals surface area contributed by atoms with E-state index in [-0.39, 0.29) is 6.79 Å². The Labute approximate surface area is 136 Å². The third-order valence-electron chi connectivity index (χ3n) is 3.89. The molecule has 1 fully saturated rings. The number of fused-ring (bicyclic) bond motifs is 1. The van der Waals surface area contributed by atoms with Crippen molar-refractivity contribution in [3.8, 4) is 11.5 Å². The van der Waals surface area contributed by atoms with Crippen LogP contribution in [0.1, 0.15) is 32.1 Å². The van der Waals surface area contributed by atoms with Gasteiger partial charge in [-0.1, -0.05) is 12.8 Å². The van der Waals surface area contributed by atoms with E-state index in [1.807, 2.05) is 18.2 Å². The highest BCUT2D eigenvalue weighted by molar-refractivity contribution is 7.80. The first kappa shape index (κ1) is 15.4. The van der Waals surface area contributed by atoms with Crippen molar-refractivity contribution in [2.75, 3.05) is 25.3 Å². The van der Waals surface area contributed by atoms with E-state index in [2.05, 4.69) is 10.6 Å². The summed E-state index contributed by atoms with van der Waals surface area (Å²) < 4.78 is 16.4. The molecule has 120 valence electrons. The van der Waals surface area contributed by atoms with Crippen LogP contribution >= 0.6 is 12.2 Å². The molecule has 5 nitrogen and oxygen atoms in total. The number of thiocarbonyl (C=S) groups is 1. The Morgan fingerprint density at radius 2 is 2.05 bits per heavy atom. The number of hydrogen-bond donors (Lipinski definition) is 2. The van der Waals surface area contributed by atoms with E-state index in [4.69, 9.17) is 26.4 Å². The van der Waals surface area contributed by atoms with Gasteiger partial charge in [0, 0.05) is 24.9 Å². The van der Waals surface area contributed by atoms with Crippen LogP contribution in [0.4, 0.5) is 5.69 Å². The number of nitrogens with one attached hydrogen (secondary N) is 2. The van der Waals surface area contributed by atoms with Gasteiger partial charge in [-0.25, -0.2) is 0 Å². The van der Waals surface area contributed by atoms with E-state index >= 15 is 0 Å². The van der Waals surface area contributed by atoms with Crippen LogP contribution < -0.4 is 20.1 Å². The molecular weight excluding hydrogens is 300 g/mol. The lowest BCUT2D eigenvalue weighted by Gasteiger charge is -2.13. The standard InChI is InChI=1S/C16H22N2O3S/c22-16(17-8-3-9-19-13-4-1-2-5-13)18-12-6-7-14-15(10-12)21-11-20-14/h6-7,10,13H,1-5,8-9,11H2,(H2,17,18,22). The fraction of sp³-hybridized carbons (Fsp3) is 0.562. The molecule has 0 amide bonds. The summed E-state index contributed by atoms with van der Waals surface area (Å²) in [5, 5.41) is 6.95. The van der Waals surface area contributed by atoms with Gasteiger partial charge in [0.15, 0.2) is 16.6 Å². The van der Waals surface area contributed by atoms with Crippen molar-refractivity contribution in [1.29, 1.82) is 0 Å². The first-order valence-electron chi connectivity index (χ1n) is 7.87. The fourth-order valence-corrected chi connectivity index (χ4v) is 2.95. The van der Waals surface area contributed by atoms with Gasteiger partial charge in [-0.3, -0.25) is 0 Å². The Hall–Kier alpha value is -1.53. The van der Waals surface area contributed by atoms with Gasteiger partial charge in [-0.15, -0.1) is 0 Å². The van der Waals surface area contributed by atoms with E-state index < -0.39 is 0 Å². The van der Waals surface area contributed by atoms with Gasteiger partial charge in [-0.05, 0) is 43.6 Å². The molecule has 0 aromatic heterocycles. The third kappa shape index (κ3) is 4.24. The highest BCUT2D eigenvalue weighted by Gasteiger charge is 2.15. The van der Waals surface area contributed by atoms with E-state index in [1.54, 1.807) is 0 Å². The average Bonchev–Trinajstić information content (AvgIpc) is 3.17. The smallest absolute Gasteiger partial charge is 0.231 e. The van der Waals surface area contributed by atoms with Gasteiger partial charge < -0.3 is 24.8 Å². The Morgan fingerprint density at radius 3 is 2.91 bits per heavy atom. The van der Waals surface area contributed by atoms with E-state index in [0.717, 1.165) is 36.8 Å². The van der Waals surface area contributed by atoms with Gasteiger partial charge in [0.25, 0.3) is 0 Å². The second-order valence-electron chi connectivity index (χ2n) is 5.58. The van der Waals surface area contributed by atoms with Crippen LogP contribution in [0.2, 0.25) is 0 Å². The Kier molecular flexibility index (Phi) is 5.34. The molecule has 0 saturated heterocycles. The van der Waals surface area contributed by atoms with Crippen LogP contribution in [0.3, 0.4) is 0 Å². The Balaban J connectivity index is 1.32. The van der Waals surface area contributed by atoms with Crippen molar-refractivity contribution in [2.45, 2.75) is 38.2 Å². The van der Waals surface area contributed by atoms with Crippen molar-refractivity contribution >= 4 is 23.0 Å². The van der Waals surface area contributed by atoms with Crippen molar-refractivity contribution in [2.24, 2.45) is 0 Å². The maximum Gasteiger partial charge on any atom is 0.231 e. The second kappa shape index (κ2) is 7.65. The molecule has 0 radical (unpaired) electrons. The van der Waals surface area contributed by atoms with Crippen molar-refractivity contribution < 1.29 is 14.2 Å². The van der Waals surface area contributed by atoms with E-state index in [9.17, 15) is 0 Å². The lowest BCUT2D eigenvalue weighted by atomic mass is 10.3. The highest BCUT2D eigenvalue weighted by atomic mass is 32.1.